The summed E-state index contributed by atoms with van der Waals surface area (Å²) in [6.45, 7) is -5.22. The smallest absolute Gasteiger partial charge is 0.382 e. The van der Waals surface area contributed by atoms with Gasteiger partial charge in [0.1, 0.15) is 48.1 Å². The van der Waals surface area contributed by atoms with E-state index in [4.69, 9.17) is 55.6 Å². The first kappa shape index (κ1) is 31.4. The van der Waals surface area contributed by atoms with Crippen LogP contribution in [0, 0.1) is 5.92 Å². The molecule has 4 fully saturated rings. The Bertz CT molecular complexity index is 2080. The Balaban J connectivity index is 1.12. The van der Waals surface area contributed by atoms with Gasteiger partial charge in [0, 0.05) is 0 Å². The molecule has 8 rings (SSSR count). The van der Waals surface area contributed by atoms with E-state index in [1.807, 2.05) is 0 Å². The number of nitrogens with zero attached hydrogens (tertiary/aromatic N) is 7. The monoisotopic (exact) mass is 728 g/mol. The quantitative estimate of drug-likeness (QED) is 0.110. The summed E-state index contributed by atoms with van der Waals surface area (Å²) in [7, 11) is 0. The van der Waals surface area contributed by atoms with Crippen LogP contribution < -0.4 is 17.0 Å². The van der Waals surface area contributed by atoms with Gasteiger partial charge in [-0.15, -0.1) is 6.58 Å². The van der Waals surface area contributed by atoms with Crippen molar-refractivity contribution in [1.29, 1.82) is 0 Å². The lowest BCUT2D eigenvalue weighted by molar-refractivity contribution is -0.183. The third-order valence-electron chi connectivity index (χ3n) is 8.40. The molecule has 0 radical (unpaired) electrons. The molecule has 0 saturated carbocycles. The van der Waals surface area contributed by atoms with Crippen molar-refractivity contribution >= 4 is 71.7 Å². The zero-order chi connectivity index (χ0) is 32.9. The van der Waals surface area contributed by atoms with Gasteiger partial charge in [0.2, 0.25) is 5.95 Å². The number of rotatable bonds is 3. The summed E-state index contributed by atoms with van der Waals surface area (Å²) >= 11 is 9.70. The van der Waals surface area contributed by atoms with Crippen molar-refractivity contribution in [3.63, 3.8) is 0 Å². The topological polar surface area (TPSA) is 261 Å². The van der Waals surface area contributed by atoms with Gasteiger partial charge < -0.3 is 39.6 Å². The number of fused-ring (bicyclic) bond motifs is 3. The molecule has 4 saturated heterocycles. The number of H-pyrrole nitrogens is 1. The van der Waals surface area contributed by atoms with Crippen LogP contribution in [0.15, 0.2) is 36.4 Å². The van der Waals surface area contributed by atoms with Crippen LogP contribution in [0.25, 0.3) is 22.3 Å². The molecule has 0 aromatic carbocycles. The van der Waals surface area contributed by atoms with Crippen molar-refractivity contribution in [2.45, 2.75) is 42.5 Å². The predicted octanol–water partition coefficient (Wildman–Crippen LogP) is 0.562. The second kappa shape index (κ2) is 11.1. The fraction of sp³-hybridized carbons (Fsp3) is 0.478. The van der Waals surface area contributed by atoms with Crippen LogP contribution in [0.3, 0.4) is 0 Å². The lowest BCUT2D eigenvalue weighted by Crippen LogP contribution is -2.46. The third-order valence-corrected chi connectivity index (χ3v) is 11.5. The molecule has 4 aliphatic heterocycles. The second-order valence-electron chi connectivity index (χ2n) is 11.2. The van der Waals surface area contributed by atoms with E-state index in [0.717, 1.165) is 0 Å². The van der Waals surface area contributed by atoms with Crippen molar-refractivity contribution in [3.05, 3.63) is 42.0 Å². The number of nitrogens with one attached hydrogen (secondary N) is 1. The van der Waals surface area contributed by atoms with Gasteiger partial charge in [-0.3, -0.25) is 28.0 Å². The van der Waals surface area contributed by atoms with E-state index in [9.17, 15) is 14.3 Å². The summed E-state index contributed by atoms with van der Waals surface area (Å²) in [5.74, 6) is -0.718. The van der Waals surface area contributed by atoms with Crippen LogP contribution in [0.5, 0.6) is 0 Å². The van der Waals surface area contributed by atoms with E-state index >= 15 is 0 Å². The minimum absolute atomic E-state index is 0.0125. The van der Waals surface area contributed by atoms with Gasteiger partial charge in [-0.05, 0) is 11.8 Å². The number of anilines is 2. The summed E-state index contributed by atoms with van der Waals surface area (Å²) in [6, 6.07) is 0. The van der Waals surface area contributed by atoms with Gasteiger partial charge in [0.15, 0.2) is 28.9 Å². The predicted molar refractivity (Wildman–Crippen MR) is 167 cm³/mol. The van der Waals surface area contributed by atoms with Crippen LogP contribution >= 0.6 is 25.8 Å². The molecular weight excluding hydrogens is 702 g/mol. The molecule has 6 N–H and O–H groups in total. The normalized spacial score (nSPS) is 39.0. The number of nitrogen functional groups attached to an aromatic ring is 2. The van der Waals surface area contributed by atoms with E-state index in [2.05, 4.69) is 48.7 Å². The van der Waals surface area contributed by atoms with E-state index in [0.29, 0.717) is 11.2 Å². The van der Waals surface area contributed by atoms with Gasteiger partial charge in [-0.1, -0.05) is 18.3 Å². The first-order valence-corrected chi connectivity index (χ1v) is 19.2. The van der Waals surface area contributed by atoms with E-state index in [-0.39, 0.29) is 29.5 Å². The second-order valence-corrected chi connectivity index (χ2v) is 16.9. The first-order chi connectivity index (χ1) is 22.4. The van der Waals surface area contributed by atoms with Crippen LogP contribution in [0.1, 0.15) is 12.5 Å². The van der Waals surface area contributed by atoms with Gasteiger partial charge in [0.25, 0.3) is 5.56 Å². The maximum absolute atomic E-state index is 13.8. The summed E-state index contributed by atoms with van der Waals surface area (Å²) in [5.41, 5.74) is 10.6. The number of imidazole rings is 2. The zero-order valence-electron chi connectivity index (χ0n) is 23.8. The highest BCUT2D eigenvalue weighted by Gasteiger charge is 2.65. The van der Waals surface area contributed by atoms with E-state index in [1.165, 1.54) is 29.6 Å². The van der Waals surface area contributed by atoms with E-state index in [1.54, 1.807) is 4.57 Å². The van der Waals surface area contributed by atoms with Crippen molar-refractivity contribution in [2.75, 3.05) is 31.3 Å². The lowest BCUT2D eigenvalue weighted by Gasteiger charge is -2.34. The van der Waals surface area contributed by atoms with Crippen LogP contribution in [-0.4, -0.2) is 93.8 Å². The largest absolute Gasteiger partial charge is 0.386 e. The van der Waals surface area contributed by atoms with Crippen LogP contribution in [0.2, 0.25) is 0 Å². The molecule has 0 amide bonds. The average Bonchev–Trinajstić information content (AvgIpc) is 3.82. The minimum atomic E-state index is -4.18. The third kappa shape index (κ3) is 5.15. The molecule has 2 unspecified atom stereocenters. The molecule has 4 aromatic rings. The van der Waals surface area contributed by atoms with Gasteiger partial charge >= 0.3 is 13.5 Å². The van der Waals surface area contributed by atoms with Crippen molar-refractivity contribution in [2.24, 2.45) is 5.92 Å². The van der Waals surface area contributed by atoms with Gasteiger partial charge in [-0.2, -0.15) is 4.98 Å². The van der Waals surface area contributed by atoms with Crippen LogP contribution in [-0.2, 0) is 48.7 Å². The lowest BCUT2D eigenvalue weighted by atomic mass is 10.00. The summed E-state index contributed by atoms with van der Waals surface area (Å²) in [6.07, 6.45) is -0.305. The number of aromatic amines is 1. The zero-order valence-corrected chi connectivity index (χ0v) is 27.3. The number of thiol groups is 1. The fourth-order valence-corrected chi connectivity index (χ4v) is 9.29. The fourth-order valence-electron chi connectivity index (χ4n) is 6.31. The molecule has 250 valence electrons. The Hall–Kier alpha value is -2.85. The SMILES string of the molecule is C=C[C@@H]1[C@@H]2OP(O)(=S)OC[C@@]34CO[C@@H]([C@H](n5cnc6c(N)ncnc65)O3)[C@@H]4OP(=O)(S)OC[C@H]2O[C@H]1n1cnc2c(=O)[nH]c(N)nc21. The standard InChI is InChI=1S/C23H26N10O10P2S2/c1-2-9-13-10(40-20(9)33-8-29-12-18(33)30-22(25)31-19(12)34)3-38-44(35,46)43-15-14-21(32-7-28-11-16(24)26-6-27-17(11)32)41-23(15,4-37-14)5-39-45(36,47)42-13/h2,6-10,13-15,20-21H,1,3-5H2,(H,35,46)(H,36,47)(H2,24,26,27)(H3,25,30,31,34)/t9-,10-,13+,14-,15+,20-,21-,23-,44?,45?/m1/s1. The molecular formula is C23H26N10O10P2S2. The molecule has 10 atom stereocenters. The Kier molecular flexibility index (Phi) is 7.41. The Morgan fingerprint density at radius 1 is 1.09 bits per heavy atom. The van der Waals surface area contributed by atoms with Crippen molar-refractivity contribution in [1.82, 2.24) is 39.0 Å². The molecule has 8 heterocycles. The number of aromatic nitrogens is 8. The number of ether oxygens (including phenoxy) is 3. The Morgan fingerprint density at radius 3 is 2.64 bits per heavy atom. The molecule has 24 heteroatoms. The molecule has 47 heavy (non-hydrogen) atoms. The van der Waals surface area contributed by atoms with Crippen LogP contribution in [0.4, 0.5) is 11.8 Å². The molecule has 4 aromatic heterocycles. The summed E-state index contributed by atoms with van der Waals surface area (Å²) in [5, 5.41) is 0. The Labute approximate surface area is 273 Å². The average molecular weight is 729 g/mol. The summed E-state index contributed by atoms with van der Waals surface area (Å²) < 4.78 is 59.2. The molecule has 2 bridgehead atoms. The molecule has 20 nitrogen and oxygen atoms in total. The number of nitrogens with two attached hydrogens (primary N) is 2. The highest BCUT2D eigenvalue weighted by Crippen LogP contribution is 2.62. The molecule has 4 aliphatic rings. The number of hydrogen-bond acceptors (Lipinski definition) is 17. The highest BCUT2D eigenvalue weighted by molar-refractivity contribution is 8.44. The van der Waals surface area contributed by atoms with Gasteiger partial charge in [0.05, 0.1) is 38.4 Å². The number of hydrogen-bond donors (Lipinski definition) is 5. The van der Waals surface area contributed by atoms with Crippen molar-refractivity contribution < 1.29 is 41.8 Å². The maximum atomic E-state index is 13.8. The van der Waals surface area contributed by atoms with E-state index < -0.39 is 80.7 Å². The Morgan fingerprint density at radius 2 is 1.85 bits per heavy atom. The van der Waals surface area contributed by atoms with Gasteiger partial charge in [-0.25, -0.2) is 24.5 Å². The summed E-state index contributed by atoms with van der Waals surface area (Å²) in [4.78, 5) is 47.0. The maximum Gasteiger partial charge on any atom is 0.386 e. The van der Waals surface area contributed by atoms with Crippen molar-refractivity contribution in [3.8, 4) is 0 Å². The highest BCUT2D eigenvalue weighted by atomic mass is 32.7. The first-order valence-electron chi connectivity index (χ1n) is 13.9. The molecule has 0 aliphatic carbocycles. The molecule has 0 spiro atoms. The minimum Gasteiger partial charge on any atom is -0.382 e.